The number of amides is 1. The van der Waals surface area contributed by atoms with E-state index in [4.69, 9.17) is 11.6 Å². The van der Waals surface area contributed by atoms with E-state index in [9.17, 15) is 9.59 Å². The molecule has 0 radical (unpaired) electrons. The van der Waals surface area contributed by atoms with Gasteiger partial charge in [0, 0.05) is 15.6 Å². The smallest absolute Gasteiger partial charge is 0.279 e. The number of hydrogen-bond acceptors (Lipinski definition) is 5. The van der Waals surface area contributed by atoms with Crippen LogP contribution in [-0.2, 0) is 17.6 Å². The molecule has 140 valence electrons. The molecule has 6 nitrogen and oxygen atoms in total. The van der Waals surface area contributed by atoms with Crippen LogP contribution in [0.2, 0.25) is 5.02 Å². The van der Waals surface area contributed by atoms with E-state index >= 15 is 0 Å². The van der Waals surface area contributed by atoms with Crippen molar-refractivity contribution in [3.05, 3.63) is 49.6 Å². The second kappa shape index (κ2) is 7.05. The quantitative estimate of drug-likeness (QED) is 0.720. The number of hydrogen-bond donors (Lipinski definition) is 1. The Kier molecular flexibility index (Phi) is 4.74. The molecule has 1 amide bonds. The molecule has 8 heteroatoms. The van der Waals surface area contributed by atoms with Gasteiger partial charge in [-0.15, -0.1) is 16.4 Å². The van der Waals surface area contributed by atoms with Gasteiger partial charge in [0.1, 0.15) is 6.04 Å². The van der Waals surface area contributed by atoms with Crippen LogP contribution < -0.4 is 10.9 Å². The van der Waals surface area contributed by atoms with Crippen molar-refractivity contribution in [2.24, 2.45) is 0 Å². The van der Waals surface area contributed by atoms with E-state index in [1.807, 2.05) is 13.0 Å². The number of anilines is 1. The first-order chi connectivity index (χ1) is 13.0. The molecule has 1 aliphatic carbocycles. The Hall–Kier alpha value is -2.25. The highest BCUT2D eigenvalue weighted by Gasteiger charge is 2.24. The molecule has 0 bridgehead atoms. The Morgan fingerprint density at radius 3 is 2.93 bits per heavy atom. The van der Waals surface area contributed by atoms with E-state index in [0.717, 1.165) is 36.8 Å². The third-order valence-corrected chi connectivity index (χ3v) is 6.42. The summed E-state index contributed by atoms with van der Waals surface area (Å²) in [6.07, 6.45) is 4.09. The molecule has 0 aliphatic heterocycles. The number of nitrogens with zero attached hydrogens (tertiary/aromatic N) is 3. The minimum absolute atomic E-state index is 0.245. The Labute approximate surface area is 165 Å². The van der Waals surface area contributed by atoms with Crippen LogP contribution in [0.1, 0.15) is 41.8 Å². The highest BCUT2D eigenvalue weighted by Crippen LogP contribution is 2.33. The predicted octanol–water partition coefficient (Wildman–Crippen LogP) is 3.89. The van der Waals surface area contributed by atoms with E-state index in [1.54, 1.807) is 30.4 Å². The van der Waals surface area contributed by atoms with Crippen LogP contribution in [0.4, 0.5) is 5.69 Å². The highest BCUT2D eigenvalue weighted by atomic mass is 35.5. The minimum atomic E-state index is -0.785. The molecule has 3 aromatic rings. The van der Waals surface area contributed by atoms with E-state index < -0.39 is 6.04 Å². The van der Waals surface area contributed by atoms with E-state index in [-0.39, 0.29) is 11.5 Å². The lowest BCUT2D eigenvalue weighted by Crippen LogP contribution is -2.34. The van der Waals surface area contributed by atoms with Gasteiger partial charge in [0.2, 0.25) is 5.91 Å². The van der Waals surface area contributed by atoms with Gasteiger partial charge in [0.15, 0.2) is 4.83 Å². The van der Waals surface area contributed by atoms with Crippen LogP contribution in [0.25, 0.3) is 10.2 Å². The molecule has 2 heterocycles. The Bertz CT molecular complexity index is 1110. The maximum Gasteiger partial charge on any atom is 0.279 e. The van der Waals surface area contributed by atoms with Gasteiger partial charge >= 0.3 is 0 Å². The third-order valence-electron chi connectivity index (χ3n) is 5.01. The number of aromatic nitrogens is 3. The standard InChI is InChI=1S/C19H19ClN4O2S/c1-10-7-8-12(20)9-14(10)21-17(25)11(2)24-19(26)16-13-5-3-4-6-15(13)27-18(16)22-23-24/h7-9,11H,3-6H2,1-2H3,(H,21,25)/t11-/m0/s1. The molecule has 0 saturated carbocycles. The van der Waals surface area contributed by atoms with E-state index in [1.165, 1.54) is 9.56 Å². The molecule has 4 rings (SSSR count). The summed E-state index contributed by atoms with van der Waals surface area (Å²) in [5.41, 5.74) is 2.35. The minimum Gasteiger partial charge on any atom is -0.324 e. The molecule has 2 aromatic heterocycles. The molecule has 1 N–H and O–H groups in total. The van der Waals surface area contributed by atoms with Crippen molar-refractivity contribution in [2.75, 3.05) is 5.32 Å². The number of fused-ring (bicyclic) bond motifs is 3. The van der Waals surface area contributed by atoms with Gasteiger partial charge in [-0.3, -0.25) is 9.59 Å². The summed E-state index contributed by atoms with van der Waals surface area (Å²) < 4.78 is 1.18. The lowest BCUT2D eigenvalue weighted by Gasteiger charge is -2.15. The van der Waals surface area contributed by atoms with Gasteiger partial charge in [-0.25, -0.2) is 0 Å². The van der Waals surface area contributed by atoms with Gasteiger partial charge in [-0.2, -0.15) is 4.68 Å². The first-order valence-electron chi connectivity index (χ1n) is 8.92. The lowest BCUT2D eigenvalue weighted by atomic mass is 9.97. The summed E-state index contributed by atoms with van der Waals surface area (Å²) in [6.45, 7) is 3.53. The summed E-state index contributed by atoms with van der Waals surface area (Å²) in [5.74, 6) is -0.333. The molecular weight excluding hydrogens is 384 g/mol. The van der Waals surface area contributed by atoms with Gasteiger partial charge < -0.3 is 5.32 Å². The highest BCUT2D eigenvalue weighted by molar-refractivity contribution is 7.18. The van der Waals surface area contributed by atoms with Crippen LogP contribution in [0, 0.1) is 6.92 Å². The lowest BCUT2D eigenvalue weighted by molar-refractivity contribution is -0.119. The van der Waals surface area contributed by atoms with Crippen LogP contribution in [0.15, 0.2) is 23.0 Å². The van der Waals surface area contributed by atoms with Crippen molar-refractivity contribution >= 4 is 44.7 Å². The second-order valence-corrected chi connectivity index (χ2v) is 8.37. The molecule has 0 unspecified atom stereocenters. The number of benzene rings is 1. The SMILES string of the molecule is Cc1ccc(Cl)cc1NC(=O)[C@H](C)n1nnc2sc3c(c2c1=O)CCCC3. The number of carbonyl (C=O) groups is 1. The molecule has 27 heavy (non-hydrogen) atoms. The topological polar surface area (TPSA) is 76.9 Å². The summed E-state index contributed by atoms with van der Waals surface area (Å²) in [6, 6.07) is 4.50. The van der Waals surface area contributed by atoms with Crippen molar-refractivity contribution in [3.8, 4) is 0 Å². The average Bonchev–Trinajstić information content (AvgIpc) is 3.04. The molecule has 0 spiro atoms. The van der Waals surface area contributed by atoms with Crippen molar-refractivity contribution in [1.82, 2.24) is 15.0 Å². The van der Waals surface area contributed by atoms with Gasteiger partial charge in [-0.1, -0.05) is 22.9 Å². The number of nitrogens with one attached hydrogen (secondary N) is 1. The van der Waals surface area contributed by atoms with Crippen molar-refractivity contribution < 1.29 is 4.79 Å². The number of rotatable bonds is 3. The maximum absolute atomic E-state index is 13.0. The Morgan fingerprint density at radius 2 is 2.11 bits per heavy atom. The number of carbonyl (C=O) groups excluding carboxylic acids is 1. The summed E-state index contributed by atoms with van der Waals surface area (Å²) >= 11 is 7.56. The van der Waals surface area contributed by atoms with E-state index in [2.05, 4.69) is 15.6 Å². The fraction of sp³-hybridized carbons (Fsp3) is 0.368. The van der Waals surface area contributed by atoms with Gasteiger partial charge in [0.05, 0.1) is 5.39 Å². The van der Waals surface area contributed by atoms with Crippen LogP contribution in [0.3, 0.4) is 0 Å². The normalized spacial score (nSPS) is 14.8. The second-order valence-electron chi connectivity index (χ2n) is 6.85. The largest absolute Gasteiger partial charge is 0.324 e. The first-order valence-corrected chi connectivity index (χ1v) is 10.1. The Morgan fingerprint density at radius 1 is 1.33 bits per heavy atom. The molecule has 1 aliphatic rings. The fourth-order valence-corrected chi connectivity index (χ4v) is 4.79. The van der Waals surface area contributed by atoms with Crippen molar-refractivity contribution in [1.29, 1.82) is 0 Å². The van der Waals surface area contributed by atoms with Crippen LogP contribution in [-0.4, -0.2) is 20.9 Å². The molecule has 0 fully saturated rings. The first kappa shape index (κ1) is 18.1. The predicted molar refractivity (Wildman–Crippen MR) is 108 cm³/mol. The molecule has 1 aromatic carbocycles. The van der Waals surface area contributed by atoms with Crippen molar-refractivity contribution in [3.63, 3.8) is 0 Å². The van der Waals surface area contributed by atoms with Crippen LogP contribution in [0.5, 0.6) is 0 Å². The average molecular weight is 403 g/mol. The molecule has 1 atom stereocenters. The maximum atomic E-state index is 13.0. The summed E-state index contributed by atoms with van der Waals surface area (Å²) in [7, 11) is 0. The van der Waals surface area contributed by atoms with Crippen LogP contribution >= 0.6 is 22.9 Å². The fourth-order valence-electron chi connectivity index (χ4n) is 3.42. The summed E-state index contributed by atoms with van der Waals surface area (Å²) in [4.78, 5) is 27.7. The molecular formula is C19H19ClN4O2S. The number of aryl methyl sites for hydroxylation is 3. The third kappa shape index (κ3) is 3.26. The zero-order chi connectivity index (χ0) is 19.1. The zero-order valence-electron chi connectivity index (χ0n) is 15.1. The van der Waals surface area contributed by atoms with E-state index in [0.29, 0.717) is 20.9 Å². The molecule has 0 saturated heterocycles. The summed E-state index contributed by atoms with van der Waals surface area (Å²) in [5, 5.41) is 12.2. The van der Waals surface area contributed by atoms with Gasteiger partial charge in [-0.05, 0) is 62.8 Å². The number of thiophene rings is 1. The zero-order valence-corrected chi connectivity index (χ0v) is 16.7. The number of halogens is 1. The monoisotopic (exact) mass is 402 g/mol. The van der Waals surface area contributed by atoms with Crippen molar-refractivity contribution in [2.45, 2.75) is 45.6 Å². The Balaban J connectivity index is 1.69. The van der Waals surface area contributed by atoms with Gasteiger partial charge in [0.25, 0.3) is 5.56 Å².